The molecule has 0 aromatic heterocycles. The zero-order valence-corrected chi connectivity index (χ0v) is 20.2. The molecule has 5 heteroatoms. The van der Waals surface area contributed by atoms with Gasteiger partial charge in [-0.15, -0.1) is 0 Å². The Labute approximate surface area is 194 Å². The molecule has 0 aliphatic heterocycles. The molecule has 0 saturated carbocycles. The van der Waals surface area contributed by atoms with Crippen LogP contribution < -0.4 is 10.0 Å². The van der Waals surface area contributed by atoms with Crippen molar-refractivity contribution >= 4 is 11.0 Å². The van der Waals surface area contributed by atoms with E-state index in [4.69, 9.17) is 0 Å². The third-order valence-corrected chi connectivity index (χ3v) is 7.50. The average molecular weight is 451 g/mol. The van der Waals surface area contributed by atoms with Gasteiger partial charge in [0.1, 0.15) is 11.0 Å². The number of nitrogens with one attached hydrogen (secondary N) is 2. The highest BCUT2D eigenvalue weighted by Crippen LogP contribution is 2.41. The van der Waals surface area contributed by atoms with Gasteiger partial charge in [0.2, 0.25) is 0 Å². The van der Waals surface area contributed by atoms with Gasteiger partial charge in [-0.2, -0.15) is 0 Å². The summed E-state index contributed by atoms with van der Waals surface area (Å²) >= 11 is 0. The molecule has 32 heavy (non-hydrogen) atoms. The fourth-order valence-electron chi connectivity index (χ4n) is 4.36. The van der Waals surface area contributed by atoms with Crippen LogP contribution >= 0.6 is 0 Å². The van der Waals surface area contributed by atoms with Crippen molar-refractivity contribution in [3.8, 4) is 0 Å². The SMILES string of the molecule is Cc1ccc(S(=O)N[C@@](c2ccccc2)(C(C)C)[C@@](C)(CO)NCc2ccccc2)cc1. The van der Waals surface area contributed by atoms with Gasteiger partial charge < -0.3 is 10.4 Å². The predicted octanol–water partition coefficient (Wildman–Crippen LogP) is 4.70. The van der Waals surface area contributed by atoms with Gasteiger partial charge in [0.25, 0.3) is 0 Å². The summed E-state index contributed by atoms with van der Waals surface area (Å²) in [7, 11) is -1.48. The first-order chi connectivity index (χ1) is 15.3. The summed E-state index contributed by atoms with van der Waals surface area (Å²) in [5.74, 6) is 0.0136. The molecule has 4 nitrogen and oxygen atoms in total. The van der Waals surface area contributed by atoms with E-state index in [1.165, 1.54) is 0 Å². The number of aliphatic hydroxyl groups is 1. The quantitative estimate of drug-likeness (QED) is 0.420. The minimum absolute atomic E-state index is 0.0136. The first-order valence-corrected chi connectivity index (χ1v) is 12.2. The number of hydrogen-bond acceptors (Lipinski definition) is 3. The van der Waals surface area contributed by atoms with Gasteiger partial charge in [0.15, 0.2) is 0 Å². The zero-order valence-electron chi connectivity index (χ0n) is 19.3. The number of aliphatic hydroxyl groups excluding tert-OH is 1. The molecule has 3 rings (SSSR count). The highest BCUT2D eigenvalue weighted by molar-refractivity contribution is 7.83. The van der Waals surface area contributed by atoms with Crippen LogP contribution in [-0.4, -0.2) is 21.5 Å². The highest BCUT2D eigenvalue weighted by Gasteiger charge is 2.52. The molecule has 0 saturated heterocycles. The molecular weight excluding hydrogens is 416 g/mol. The molecule has 170 valence electrons. The monoisotopic (exact) mass is 450 g/mol. The second-order valence-corrected chi connectivity index (χ2v) is 10.1. The van der Waals surface area contributed by atoms with E-state index in [0.29, 0.717) is 11.4 Å². The lowest BCUT2D eigenvalue weighted by atomic mass is 9.67. The van der Waals surface area contributed by atoms with Crippen LogP contribution in [0.2, 0.25) is 0 Å². The number of aryl methyl sites for hydroxylation is 1. The number of benzene rings is 3. The number of rotatable bonds is 10. The maximum absolute atomic E-state index is 13.6. The van der Waals surface area contributed by atoms with Crippen molar-refractivity contribution in [2.24, 2.45) is 5.92 Å². The third-order valence-electron chi connectivity index (χ3n) is 6.30. The van der Waals surface area contributed by atoms with Crippen LogP contribution in [0.15, 0.2) is 89.8 Å². The standard InChI is InChI=1S/C27H34N2O2S/c1-21(2)27(24-13-9-6-10-14-24,29-32(31)25-17-15-22(3)16-18-25)26(4,20-30)28-19-23-11-7-5-8-12-23/h5-18,21,28-30H,19-20H2,1-4H3/t26-,27-,32?/m1/s1. The van der Waals surface area contributed by atoms with Crippen LogP contribution in [0.3, 0.4) is 0 Å². The molecule has 0 radical (unpaired) electrons. The van der Waals surface area contributed by atoms with Gasteiger partial charge in [-0.25, -0.2) is 8.93 Å². The summed E-state index contributed by atoms with van der Waals surface area (Å²) in [6.07, 6.45) is 0. The summed E-state index contributed by atoms with van der Waals surface area (Å²) in [6, 6.07) is 27.8. The van der Waals surface area contributed by atoms with Gasteiger partial charge in [0.05, 0.1) is 22.6 Å². The van der Waals surface area contributed by atoms with Crippen LogP contribution in [0.4, 0.5) is 0 Å². The van der Waals surface area contributed by atoms with E-state index in [1.54, 1.807) is 0 Å². The molecule has 3 aromatic carbocycles. The molecule has 3 aromatic rings. The molecule has 0 spiro atoms. The van der Waals surface area contributed by atoms with Crippen molar-refractivity contribution in [3.05, 3.63) is 102 Å². The van der Waals surface area contributed by atoms with Crippen molar-refractivity contribution in [2.75, 3.05) is 6.61 Å². The van der Waals surface area contributed by atoms with Crippen LogP contribution in [0.5, 0.6) is 0 Å². The molecule has 3 N–H and O–H groups in total. The Morgan fingerprint density at radius 3 is 2.00 bits per heavy atom. The van der Waals surface area contributed by atoms with E-state index in [1.807, 2.05) is 86.6 Å². The molecule has 0 heterocycles. The van der Waals surface area contributed by atoms with E-state index < -0.39 is 22.1 Å². The molecule has 1 unspecified atom stereocenters. The second-order valence-electron chi connectivity index (χ2n) is 8.84. The maximum Gasteiger partial charge on any atom is 0.125 e. The van der Waals surface area contributed by atoms with E-state index in [9.17, 15) is 9.32 Å². The molecule has 3 atom stereocenters. The Hall–Kier alpha value is -2.31. The van der Waals surface area contributed by atoms with Gasteiger partial charge in [-0.3, -0.25) is 0 Å². The Morgan fingerprint density at radius 2 is 1.47 bits per heavy atom. The first-order valence-electron chi connectivity index (χ1n) is 11.0. The van der Waals surface area contributed by atoms with E-state index in [-0.39, 0.29) is 12.5 Å². The lowest BCUT2D eigenvalue weighted by Crippen LogP contribution is -2.69. The molecular formula is C27H34N2O2S. The van der Waals surface area contributed by atoms with E-state index in [2.05, 4.69) is 36.0 Å². The van der Waals surface area contributed by atoms with Crippen LogP contribution in [0.1, 0.15) is 37.5 Å². The fourth-order valence-corrected chi connectivity index (χ4v) is 5.73. The lowest BCUT2D eigenvalue weighted by Gasteiger charge is -2.51. The van der Waals surface area contributed by atoms with Crippen molar-refractivity contribution in [1.82, 2.24) is 10.0 Å². The van der Waals surface area contributed by atoms with Crippen LogP contribution in [0.25, 0.3) is 0 Å². The summed E-state index contributed by atoms with van der Waals surface area (Å²) < 4.78 is 17.0. The van der Waals surface area contributed by atoms with Gasteiger partial charge in [-0.1, -0.05) is 92.2 Å². The Morgan fingerprint density at radius 1 is 0.906 bits per heavy atom. The molecule has 0 fully saturated rings. The fraction of sp³-hybridized carbons (Fsp3) is 0.333. The van der Waals surface area contributed by atoms with Crippen molar-refractivity contribution in [3.63, 3.8) is 0 Å². The van der Waals surface area contributed by atoms with Crippen molar-refractivity contribution in [1.29, 1.82) is 0 Å². The summed E-state index contributed by atoms with van der Waals surface area (Å²) in [4.78, 5) is 0.708. The molecule has 0 amide bonds. The zero-order chi connectivity index (χ0) is 23.2. The molecule has 0 aliphatic carbocycles. The Balaban J connectivity index is 2.07. The van der Waals surface area contributed by atoms with Gasteiger partial charge in [0, 0.05) is 6.54 Å². The summed E-state index contributed by atoms with van der Waals surface area (Å²) in [5.41, 5.74) is 1.60. The third kappa shape index (κ3) is 5.02. The van der Waals surface area contributed by atoms with Gasteiger partial charge in [-0.05, 0) is 43.0 Å². The second kappa shape index (κ2) is 10.5. The average Bonchev–Trinajstić information content (AvgIpc) is 2.82. The van der Waals surface area contributed by atoms with Crippen molar-refractivity contribution < 1.29 is 9.32 Å². The minimum atomic E-state index is -1.48. The van der Waals surface area contributed by atoms with Crippen LogP contribution in [-0.2, 0) is 23.1 Å². The predicted molar refractivity (Wildman–Crippen MR) is 132 cm³/mol. The molecule has 0 aliphatic rings. The summed E-state index contributed by atoms with van der Waals surface area (Å²) in [6.45, 7) is 8.67. The number of hydrogen-bond donors (Lipinski definition) is 3. The molecule has 0 bridgehead atoms. The normalized spacial score (nSPS) is 16.3. The largest absolute Gasteiger partial charge is 0.394 e. The first kappa shape index (κ1) is 24.3. The van der Waals surface area contributed by atoms with E-state index >= 15 is 0 Å². The highest BCUT2D eigenvalue weighted by atomic mass is 32.2. The van der Waals surface area contributed by atoms with E-state index in [0.717, 1.165) is 16.7 Å². The smallest absolute Gasteiger partial charge is 0.125 e. The lowest BCUT2D eigenvalue weighted by molar-refractivity contribution is 0.0519. The maximum atomic E-state index is 13.6. The van der Waals surface area contributed by atoms with Gasteiger partial charge >= 0.3 is 0 Å². The minimum Gasteiger partial charge on any atom is -0.394 e. The topological polar surface area (TPSA) is 61.4 Å². The Bertz CT molecular complexity index is 1010. The van der Waals surface area contributed by atoms with Crippen LogP contribution in [0, 0.1) is 12.8 Å². The summed E-state index contributed by atoms with van der Waals surface area (Å²) in [5, 5.41) is 14.3. The Kier molecular flexibility index (Phi) is 8.01. The van der Waals surface area contributed by atoms with Crippen molar-refractivity contribution in [2.45, 2.75) is 50.2 Å².